The van der Waals surface area contributed by atoms with Gasteiger partial charge in [-0.2, -0.15) is 0 Å². The smallest absolute Gasteiger partial charge is 0.137 e. The van der Waals surface area contributed by atoms with Crippen LogP contribution >= 0.6 is 27.5 Å². The second kappa shape index (κ2) is 12.5. The minimum atomic E-state index is -0.324. The number of rotatable bonds is 8. The number of benzene rings is 2. The molecule has 0 bridgehead atoms. The zero-order valence-electron chi connectivity index (χ0n) is 18.9. The van der Waals surface area contributed by atoms with E-state index in [1.807, 2.05) is 11.8 Å². The minimum absolute atomic E-state index is 0.244. The summed E-state index contributed by atoms with van der Waals surface area (Å²) in [5, 5.41) is 0.406. The molecule has 0 atom stereocenters. The van der Waals surface area contributed by atoms with E-state index in [-0.39, 0.29) is 11.6 Å². The Balaban J connectivity index is 0.000000191. The molecule has 2 aromatic carbocycles. The Hall–Kier alpha value is -2.91. The molecule has 0 amide bonds. The molecule has 2 N–H and O–H groups in total. The number of imidazole rings is 2. The summed E-state index contributed by atoms with van der Waals surface area (Å²) in [5.74, 6) is -0.568. The van der Waals surface area contributed by atoms with Crippen LogP contribution in [-0.4, -0.2) is 33.0 Å². The molecule has 4 rings (SSSR count). The SMILES string of the molecule is CCN(Cc1cnc[nH]1)c1cc(F)cc(Cl)c1.CCN(Cc1cnc[nH]1)c1ccc(F)c(Br)c1. The van der Waals surface area contributed by atoms with Gasteiger partial charge in [0.05, 0.1) is 41.6 Å². The van der Waals surface area contributed by atoms with Gasteiger partial charge >= 0.3 is 0 Å². The van der Waals surface area contributed by atoms with Crippen molar-refractivity contribution in [3.8, 4) is 0 Å². The molecule has 0 saturated heterocycles. The molecule has 0 saturated carbocycles. The van der Waals surface area contributed by atoms with E-state index >= 15 is 0 Å². The lowest BCUT2D eigenvalue weighted by atomic mass is 10.2. The van der Waals surface area contributed by atoms with Gasteiger partial charge < -0.3 is 19.8 Å². The molecule has 34 heavy (non-hydrogen) atoms. The number of nitrogens with zero attached hydrogens (tertiary/aromatic N) is 4. The number of aromatic amines is 2. The maximum Gasteiger partial charge on any atom is 0.137 e. The average Bonchev–Trinajstić information content (AvgIpc) is 3.52. The molecule has 4 aromatic rings. The van der Waals surface area contributed by atoms with Crippen molar-refractivity contribution in [1.29, 1.82) is 0 Å². The van der Waals surface area contributed by atoms with E-state index < -0.39 is 0 Å². The van der Waals surface area contributed by atoms with Gasteiger partial charge in [0.15, 0.2) is 0 Å². The fraction of sp³-hybridized carbons (Fsp3) is 0.250. The predicted molar refractivity (Wildman–Crippen MR) is 136 cm³/mol. The summed E-state index contributed by atoms with van der Waals surface area (Å²) in [6.45, 7) is 7.06. The lowest BCUT2D eigenvalue weighted by molar-refractivity contribution is 0.620. The van der Waals surface area contributed by atoms with Gasteiger partial charge in [-0.25, -0.2) is 18.7 Å². The van der Waals surface area contributed by atoms with E-state index in [1.165, 1.54) is 18.2 Å². The quantitative estimate of drug-likeness (QED) is 0.260. The number of anilines is 2. The van der Waals surface area contributed by atoms with Crippen LogP contribution in [0.25, 0.3) is 0 Å². The molecule has 2 aromatic heterocycles. The summed E-state index contributed by atoms with van der Waals surface area (Å²) in [5.41, 5.74) is 3.77. The van der Waals surface area contributed by atoms with Gasteiger partial charge in [-0.05, 0) is 66.2 Å². The third kappa shape index (κ3) is 7.30. The molecule has 2 heterocycles. The van der Waals surface area contributed by atoms with Gasteiger partial charge in [0.25, 0.3) is 0 Å². The third-order valence-corrected chi connectivity index (χ3v) is 5.90. The van der Waals surface area contributed by atoms with Crippen LogP contribution in [0.2, 0.25) is 5.02 Å². The molecule has 0 unspecified atom stereocenters. The highest BCUT2D eigenvalue weighted by atomic mass is 79.9. The van der Waals surface area contributed by atoms with Crippen LogP contribution < -0.4 is 9.80 Å². The van der Waals surface area contributed by atoms with E-state index in [9.17, 15) is 8.78 Å². The van der Waals surface area contributed by atoms with Crippen molar-refractivity contribution >= 4 is 38.9 Å². The van der Waals surface area contributed by atoms with Crippen molar-refractivity contribution in [3.05, 3.63) is 94.0 Å². The van der Waals surface area contributed by atoms with Crippen LogP contribution in [0.4, 0.5) is 20.2 Å². The molecule has 0 fully saturated rings. The Bertz CT molecular complexity index is 1130. The highest BCUT2D eigenvalue weighted by Crippen LogP contribution is 2.24. The first-order valence-corrected chi connectivity index (χ1v) is 11.9. The van der Waals surface area contributed by atoms with Gasteiger partial charge in [0.2, 0.25) is 0 Å². The van der Waals surface area contributed by atoms with Gasteiger partial charge in [-0.15, -0.1) is 0 Å². The summed E-state index contributed by atoms with van der Waals surface area (Å²) in [6, 6.07) is 9.57. The van der Waals surface area contributed by atoms with Crippen molar-refractivity contribution in [1.82, 2.24) is 19.9 Å². The molecule has 0 aliphatic carbocycles. The first kappa shape index (κ1) is 25.7. The molecular formula is C24H26BrClF2N6. The standard InChI is InChI=1S/C12H13BrFN3.C12H13ClFN3/c1-2-17(7-9-6-15-8-16-9)10-3-4-12(14)11(13)5-10;1-2-17(7-11-6-15-8-16-11)12-4-9(13)3-10(14)5-12/h2*3-6,8H,2,7H2,1H3,(H,15,16). The van der Waals surface area contributed by atoms with E-state index in [1.54, 1.807) is 43.2 Å². The van der Waals surface area contributed by atoms with Gasteiger partial charge in [-0.3, -0.25) is 0 Å². The number of hydrogen-bond donors (Lipinski definition) is 2. The number of aromatic nitrogens is 4. The zero-order valence-corrected chi connectivity index (χ0v) is 21.2. The van der Waals surface area contributed by atoms with Crippen LogP contribution in [-0.2, 0) is 13.1 Å². The van der Waals surface area contributed by atoms with E-state index in [0.29, 0.717) is 16.0 Å². The molecule has 180 valence electrons. The first-order valence-electron chi connectivity index (χ1n) is 10.7. The summed E-state index contributed by atoms with van der Waals surface area (Å²) in [7, 11) is 0. The Kier molecular flexibility index (Phi) is 9.47. The number of hydrogen-bond acceptors (Lipinski definition) is 4. The van der Waals surface area contributed by atoms with Crippen LogP contribution in [0, 0.1) is 11.6 Å². The summed E-state index contributed by atoms with van der Waals surface area (Å²) in [6.07, 6.45) is 6.83. The fourth-order valence-electron chi connectivity index (χ4n) is 3.33. The predicted octanol–water partition coefficient (Wildman–Crippen LogP) is 6.57. The molecular weight excluding hydrogens is 526 g/mol. The number of nitrogens with one attached hydrogen (secondary N) is 2. The largest absolute Gasteiger partial charge is 0.366 e. The van der Waals surface area contributed by atoms with Gasteiger partial charge in [-0.1, -0.05) is 11.6 Å². The third-order valence-electron chi connectivity index (χ3n) is 5.08. The number of halogens is 4. The second-order valence-electron chi connectivity index (χ2n) is 7.41. The van der Waals surface area contributed by atoms with E-state index in [0.717, 1.165) is 42.4 Å². The van der Waals surface area contributed by atoms with E-state index in [2.05, 4.69) is 47.7 Å². The molecule has 10 heteroatoms. The minimum Gasteiger partial charge on any atom is -0.366 e. The normalized spacial score (nSPS) is 10.5. The molecule has 0 spiro atoms. The highest BCUT2D eigenvalue weighted by molar-refractivity contribution is 9.10. The monoisotopic (exact) mass is 550 g/mol. The lowest BCUT2D eigenvalue weighted by Crippen LogP contribution is -2.22. The Morgan fingerprint density at radius 3 is 1.91 bits per heavy atom. The maximum atomic E-state index is 13.3. The molecule has 0 radical (unpaired) electrons. The summed E-state index contributed by atoms with van der Waals surface area (Å²) >= 11 is 9.05. The lowest BCUT2D eigenvalue weighted by Gasteiger charge is -2.22. The van der Waals surface area contributed by atoms with Crippen molar-refractivity contribution in [2.24, 2.45) is 0 Å². The topological polar surface area (TPSA) is 63.8 Å². The van der Waals surface area contributed by atoms with Crippen LogP contribution in [0.15, 0.2) is 65.9 Å². The van der Waals surface area contributed by atoms with Crippen molar-refractivity contribution in [3.63, 3.8) is 0 Å². The Labute approximate surface area is 211 Å². The van der Waals surface area contributed by atoms with E-state index in [4.69, 9.17) is 11.6 Å². The fourth-order valence-corrected chi connectivity index (χ4v) is 3.91. The first-order chi connectivity index (χ1) is 16.4. The number of H-pyrrole nitrogens is 2. The van der Waals surface area contributed by atoms with Crippen molar-refractivity contribution in [2.45, 2.75) is 26.9 Å². The van der Waals surface area contributed by atoms with Crippen LogP contribution in [0.5, 0.6) is 0 Å². The molecule has 6 nitrogen and oxygen atoms in total. The van der Waals surface area contributed by atoms with Crippen molar-refractivity contribution in [2.75, 3.05) is 22.9 Å². The molecule has 0 aliphatic rings. The summed E-state index contributed by atoms with van der Waals surface area (Å²) < 4.78 is 26.9. The highest BCUT2D eigenvalue weighted by Gasteiger charge is 2.09. The summed E-state index contributed by atoms with van der Waals surface area (Å²) in [4.78, 5) is 18.2. The Morgan fingerprint density at radius 2 is 1.44 bits per heavy atom. The van der Waals surface area contributed by atoms with Crippen LogP contribution in [0.1, 0.15) is 25.2 Å². The van der Waals surface area contributed by atoms with Crippen molar-refractivity contribution < 1.29 is 8.78 Å². The van der Waals surface area contributed by atoms with Gasteiger partial charge in [0, 0.05) is 41.9 Å². The Morgan fingerprint density at radius 1 is 0.853 bits per heavy atom. The molecule has 0 aliphatic heterocycles. The average molecular weight is 552 g/mol. The van der Waals surface area contributed by atoms with Crippen LogP contribution in [0.3, 0.4) is 0 Å². The zero-order chi connectivity index (χ0) is 24.5. The maximum absolute atomic E-state index is 13.3. The van der Waals surface area contributed by atoms with Gasteiger partial charge in [0.1, 0.15) is 11.6 Å². The second-order valence-corrected chi connectivity index (χ2v) is 8.70.